The molecular weight excluding hydrogens is 1270 g/mol. The zero-order valence-electron chi connectivity index (χ0n) is 53.1. The molecule has 10 nitrogen and oxygen atoms in total. The third-order valence-electron chi connectivity index (χ3n) is 18.8. The van der Waals surface area contributed by atoms with Crippen LogP contribution < -0.4 is 0 Å². The molecule has 0 N–H and O–H groups in total. The first-order valence-corrected chi connectivity index (χ1v) is 34.7. The maximum Gasteiger partial charge on any atom is 0.167 e. The van der Waals surface area contributed by atoms with Crippen LogP contribution >= 0.6 is 22.7 Å². The van der Waals surface area contributed by atoms with Gasteiger partial charge in [0.05, 0.1) is 27.0 Å². The predicted octanol–water partition coefficient (Wildman–Crippen LogP) is 23.7. The van der Waals surface area contributed by atoms with Crippen LogP contribution in [0.5, 0.6) is 0 Å². The molecule has 20 rings (SSSR count). The van der Waals surface area contributed by atoms with E-state index in [1.54, 1.807) is 11.3 Å². The van der Waals surface area contributed by atoms with Gasteiger partial charge in [0.15, 0.2) is 40.8 Å². The van der Waals surface area contributed by atoms with Crippen LogP contribution in [0.4, 0.5) is 0 Å². The van der Waals surface area contributed by atoms with E-state index in [1.807, 2.05) is 139 Å². The Labute approximate surface area is 579 Å². The van der Waals surface area contributed by atoms with Gasteiger partial charge in [-0.1, -0.05) is 237 Å². The normalized spacial score (nSPS) is 11.8. The highest BCUT2D eigenvalue weighted by molar-refractivity contribution is 7.26. The molecule has 13 aromatic carbocycles. The Morgan fingerprint density at radius 2 is 0.680 bits per heavy atom. The Morgan fingerprint density at radius 1 is 0.220 bits per heavy atom. The van der Waals surface area contributed by atoms with Crippen molar-refractivity contribution in [3.05, 3.63) is 303 Å². The van der Waals surface area contributed by atoms with E-state index in [1.165, 1.54) is 20.2 Å². The largest absolute Gasteiger partial charge is 0.455 e. The molecule has 0 aliphatic rings. The minimum absolute atomic E-state index is 0.465. The molecule has 0 unspecified atom stereocenters. The van der Waals surface area contributed by atoms with Gasteiger partial charge in [-0.15, -0.1) is 22.7 Å². The zero-order valence-corrected chi connectivity index (χ0v) is 54.7. The van der Waals surface area contributed by atoms with E-state index in [0.29, 0.717) is 63.1 Å². The van der Waals surface area contributed by atoms with E-state index < -0.39 is 0 Å². The summed E-state index contributed by atoms with van der Waals surface area (Å²) in [7, 11) is 0. The number of rotatable bonds is 11. The van der Waals surface area contributed by atoms with Crippen LogP contribution in [0.1, 0.15) is 0 Å². The molecular formula is C88H50N8O2S2. The lowest BCUT2D eigenvalue weighted by atomic mass is 9.95. The molecule has 0 amide bonds. The van der Waals surface area contributed by atoms with Gasteiger partial charge in [-0.3, -0.25) is 0 Å². The van der Waals surface area contributed by atoms with Crippen molar-refractivity contribution in [3.63, 3.8) is 0 Å². The lowest BCUT2D eigenvalue weighted by Crippen LogP contribution is -2.01. The molecule has 0 radical (unpaired) electrons. The second kappa shape index (κ2) is 23.4. The van der Waals surface area contributed by atoms with Crippen molar-refractivity contribution in [3.8, 4) is 124 Å². The number of furan rings is 2. The third-order valence-corrected chi connectivity index (χ3v) is 21.2. The SMILES string of the molecule is c1ccc(-c2cc(-c3ccc4c(c3)oc3c(-c5nc(-c6ccccc6)nc(-c6ccccc6)n5)cc(-c5cccc(-c6nc(-c7ccccc7)nc(-c7cccc8c7oc7cccc(-c9nc(-c%10ccccc%10)nc%10c9sc9ccccc9%10)c78)n6)c5)cc34)c3sc4ccccc4c3c2)cc1. The maximum absolute atomic E-state index is 7.26. The van der Waals surface area contributed by atoms with Gasteiger partial charge in [0.25, 0.3) is 0 Å². The topological polar surface area (TPSA) is 129 Å². The molecule has 100 heavy (non-hydrogen) atoms. The molecule has 0 aliphatic carbocycles. The number of nitrogens with zero attached hydrogens (tertiary/aromatic N) is 8. The second-order valence-corrected chi connectivity index (χ2v) is 27.0. The van der Waals surface area contributed by atoms with Crippen LogP contribution in [0.25, 0.3) is 209 Å². The number of benzene rings is 13. The molecule has 0 atom stereocenters. The first-order valence-electron chi connectivity index (χ1n) is 33.0. The number of hydrogen-bond donors (Lipinski definition) is 0. The molecule has 0 bridgehead atoms. The summed E-state index contributed by atoms with van der Waals surface area (Å²) in [6.07, 6.45) is 0. The minimum atomic E-state index is 0.465. The summed E-state index contributed by atoms with van der Waals surface area (Å²) in [5.41, 5.74) is 17.5. The molecule has 12 heteroatoms. The Bertz CT molecular complexity index is 6600. The Balaban J connectivity index is 0.763. The summed E-state index contributed by atoms with van der Waals surface area (Å²) in [6, 6.07) is 105. The van der Waals surface area contributed by atoms with Gasteiger partial charge < -0.3 is 8.83 Å². The maximum atomic E-state index is 7.26. The highest BCUT2D eigenvalue weighted by atomic mass is 32.1. The Hall–Kier alpha value is -13.0. The molecule has 0 fully saturated rings. The number of hydrogen-bond acceptors (Lipinski definition) is 12. The first-order chi connectivity index (χ1) is 49.5. The highest BCUT2D eigenvalue weighted by Gasteiger charge is 2.26. The van der Waals surface area contributed by atoms with E-state index >= 15 is 0 Å². The van der Waals surface area contributed by atoms with Crippen LogP contribution in [-0.2, 0) is 0 Å². The molecule has 20 aromatic rings. The molecule has 0 aliphatic heterocycles. The fraction of sp³-hybridized carbons (Fsp3) is 0. The van der Waals surface area contributed by atoms with E-state index in [4.69, 9.17) is 48.7 Å². The summed E-state index contributed by atoms with van der Waals surface area (Å²) < 4.78 is 18.9. The van der Waals surface area contributed by atoms with E-state index in [-0.39, 0.29) is 0 Å². The van der Waals surface area contributed by atoms with Crippen LogP contribution in [-0.4, -0.2) is 39.9 Å². The summed E-state index contributed by atoms with van der Waals surface area (Å²) in [4.78, 5) is 42.4. The van der Waals surface area contributed by atoms with Gasteiger partial charge in [-0.05, 0) is 94.5 Å². The standard InChI is InChI=1S/C88H50N8O2S2/c1-6-23-51(24-7-1)59-46-67(80-69(48-59)62-35-16-18-41-73(62)99-80)57-43-44-61-68-47-60(49-70(79(68)98-72(61)50-57)88-94-83(53-27-10-3-11-28-53)91-84(95-88)54-29-12-4-13-30-54)56-33-20-34-58(45-56)86-92-85(55-31-14-5-15-32-55)93-87(96-86)66-39-21-38-65-75-64(37-22-40-71(75)97-78(65)66)77-81-76(63-36-17-19-42-74(63)100-81)89-82(90-77)52-25-8-2-9-26-52/h1-50H. The lowest BCUT2D eigenvalue weighted by Gasteiger charge is -2.12. The van der Waals surface area contributed by atoms with Crippen molar-refractivity contribution in [1.29, 1.82) is 0 Å². The third kappa shape index (κ3) is 9.75. The second-order valence-electron chi connectivity index (χ2n) is 24.9. The van der Waals surface area contributed by atoms with Crippen LogP contribution in [0, 0.1) is 0 Å². The van der Waals surface area contributed by atoms with Crippen LogP contribution in [0.2, 0.25) is 0 Å². The zero-order chi connectivity index (χ0) is 65.8. The number of para-hydroxylation sites is 1. The minimum Gasteiger partial charge on any atom is -0.455 e. The van der Waals surface area contributed by atoms with E-state index in [9.17, 15) is 0 Å². The van der Waals surface area contributed by atoms with Gasteiger partial charge in [-0.2, -0.15) is 0 Å². The van der Waals surface area contributed by atoms with Gasteiger partial charge in [0.1, 0.15) is 22.3 Å². The number of thiophene rings is 2. The number of fused-ring (bicyclic) bond motifs is 12. The van der Waals surface area contributed by atoms with Crippen molar-refractivity contribution in [2.75, 3.05) is 0 Å². The van der Waals surface area contributed by atoms with Crippen molar-refractivity contribution in [2.45, 2.75) is 0 Å². The van der Waals surface area contributed by atoms with Gasteiger partial charge in [0, 0.05) is 90.7 Å². The molecule has 7 heterocycles. The molecule has 466 valence electrons. The monoisotopic (exact) mass is 1310 g/mol. The lowest BCUT2D eigenvalue weighted by molar-refractivity contribution is 0.669. The highest BCUT2D eigenvalue weighted by Crippen LogP contribution is 2.48. The van der Waals surface area contributed by atoms with Crippen LogP contribution in [0.15, 0.2) is 312 Å². The van der Waals surface area contributed by atoms with Gasteiger partial charge in [-0.25, -0.2) is 39.9 Å². The Kier molecular flexibility index (Phi) is 13.4. The van der Waals surface area contributed by atoms with Gasteiger partial charge in [0.2, 0.25) is 0 Å². The summed E-state index contributed by atoms with van der Waals surface area (Å²) >= 11 is 3.53. The quantitative estimate of drug-likeness (QED) is 0.123. The average Bonchev–Trinajstić information content (AvgIpc) is 1.57. The molecule has 0 spiro atoms. The average molecular weight is 1320 g/mol. The smallest absolute Gasteiger partial charge is 0.167 e. The van der Waals surface area contributed by atoms with Crippen LogP contribution in [0.3, 0.4) is 0 Å². The first kappa shape index (κ1) is 57.3. The van der Waals surface area contributed by atoms with E-state index in [2.05, 4.69) is 176 Å². The van der Waals surface area contributed by atoms with Gasteiger partial charge >= 0.3 is 0 Å². The van der Waals surface area contributed by atoms with Crippen molar-refractivity contribution in [2.24, 2.45) is 0 Å². The summed E-state index contributed by atoms with van der Waals surface area (Å²) in [5, 5.41) is 7.27. The van der Waals surface area contributed by atoms with Crippen molar-refractivity contribution in [1.82, 2.24) is 39.9 Å². The summed E-state index contributed by atoms with van der Waals surface area (Å²) in [5.74, 6) is 3.70. The predicted molar refractivity (Wildman–Crippen MR) is 409 cm³/mol. The van der Waals surface area contributed by atoms with E-state index in [0.717, 1.165) is 125 Å². The molecule has 0 saturated heterocycles. The fourth-order valence-electron chi connectivity index (χ4n) is 14.0. The Morgan fingerprint density at radius 3 is 1.35 bits per heavy atom. The molecule has 7 aromatic heterocycles. The number of aromatic nitrogens is 8. The van der Waals surface area contributed by atoms with Crippen molar-refractivity contribution >= 4 is 107 Å². The van der Waals surface area contributed by atoms with Crippen molar-refractivity contribution < 1.29 is 8.83 Å². The summed E-state index contributed by atoms with van der Waals surface area (Å²) in [6.45, 7) is 0. The molecule has 0 saturated carbocycles. The fourth-order valence-corrected chi connectivity index (χ4v) is 16.4.